The predicted molar refractivity (Wildman–Crippen MR) is 184 cm³/mol. The molecule has 4 atom stereocenters. The summed E-state index contributed by atoms with van der Waals surface area (Å²) in [6.45, 7) is 6.55. The van der Waals surface area contributed by atoms with Crippen LogP contribution in [0.2, 0.25) is 0 Å². The van der Waals surface area contributed by atoms with Crippen molar-refractivity contribution in [3.8, 4) is 5.75 Å². The SMILES string of the molecule is C[C@@H]1CN([C@H](C)CO)C(=O)c2cc(NC(=O)Nc3ccc(F)cc3)ccc2O[C@@H](C)CCCCO[C@H]1CN(C)C(=O)NC1CCCCC1. The standard InChI is InChI=1S/C36H52FN5O6/c1-24-21-42(25(2)23-43)34(44)31-20-30(39-35(45)38-29-15-13-27(37)14-16-29)17-18-32(31)48-26(3)10-8-9-19-47-33(24)22-41(4)36(46)40-28-11-6-5-7-12-28/h13-18,20,24-26,28,33,43H,5-12,19,21-23H2,1-4H3,(H,40,46)(H2,38,39,45)/t24-,25-,26+,33+/m1/s1. The molecule has 11 nitrogen and oxygen atoms in total. The third kappa shape index (κ3) is 10.8. The molecule has 0 radical (unpaired) electrons. The average molecular weight is 670 g/mol. The highest BCUT2D eigenvalue weighted by Crippen LogP contribution is 2.29. The van der Waals surface area contributed by atoms with Crippen LogP contribution in [0.15, 0.2) is 42.5 Å². The molecule has 2 aromatic rings. The lowest BCUT2D eigenvalue weighted by molar-refractivity contribution is -0.0123. The van der Waals surface area contributed by atoms with Crippen LogP contribution in [0.25, 0.3) is 0 Å². The van der Waals surface area contributed by atoms with Gasteiger partial charge >= 0.3 is 12.1 Å². The van der Waals surface area contributed by atoms with E-state index >= 15 is 0 Å². The number of nitrogens with zero attached hydrogens (tertiary/aromatic N) is 2. The molecule has 48 heavy (non-hydrogen) atoms. The van der Waals surface area contributed by atoms with E-state index in [1.54, 1.807) is 42.0 Å². The molecule has 4 rings (SSSR count). The lowest BCUT2D eigenvalue weighted by Gasteiger charge is -2.36. The van der Waals surface area contributed by atoms with Crippen LogP contribution in [-0.4, -0.2) is 90.5 Å². The summed E-state index contributed by atoms with van der Waals surface area (Å²) in [6.07, 6.45) is 7.27. The molecule has 1 aliphatic carbocycles. The number of carbonyl (C=O) groups excluding carboxylic acids is 3. The Hall–Kier alpha value is -3.90. The maximum absolute atomic E-state index is 14.3. The van der Waals surface area contributed by atoms with Gasteiger partial charge in [-0.1, -0.05) is 26.2 Å². The second kappa shape index (κ2) is 18.0. The highest BCUT2D eigenvalue weighted by atomic mass is 19.1. The van der Waals surface area contributed by atoms with Gasteiger partial charge in [0, 0.05) is 50.1 Å². The first-order valence-corrected chi connectivity index (χ1v) is 17.2. The second-order valence-corrected chi connectivity index (χ2v) is 13.3. The number of aliphatic hydroxyl groups is 1. The summed E-state index contributed by atoms with van der Waals surface area (Å²) in [7, 11) is 1.77. The fourth-order valence-corrected chi connectivity index (χ4v) is 6.17. The van der Waals surface area contributed by atoms with Gasteiger partial charge in [0.15, 0.2) is 0 Å². The number of hydrogen-bond donors (Lipinski definition) is 4. The molecule has 2 aromatic carbocycles. The highest BCUT2D eigenvalue weighted by molar-refractivity contribution is 6.02. The zero-order valence-corrected chi connectivity index (χ0v) is 28.7. The van der Waals surface area contributed by atoms with Gasteiger partial charge in [0.1, 0.15) is 11.6 Å². The monoisotopic (exact) mass is 669 g/mol. The van der Waals surface area contributed by atoms with E-state index in [2.05, 4.69) is 16.0 Å². The number of aliphatic hydroxyl groups excluding tert-OH is 1. The second-order valence-electron chi connectivity index (χ2n) is 13.3. The third-order valence-corrected chi connectivity index (χ3v) is 9.14. The Labute approximate surface area is 283 Å². The Kier molecular flexibility index (Phi) is 13.9. The van der Waals surface area contributed by atoms with Crippen LogP contribution < -0.4 is 20.7 Å². The maximum Gasteiger partial charge on any atom is 0.323 e. The van der Waals surface area contributed by atoms with E-state index in [-0.39, 0.29) is 54.8 Å². The number of halogens is 1. The summed E-state index contributed by atoms with van der Waals surface area (Å²) in [5.74, 6) is -0.598. The van der Waals surface area contributed by atoms with Crippen molar-refractivity contribution >= 4 is 29.3 Å². The summed E-state index contributed by atoms with van der Waals surface area (Å²) in [5.41, 5.74) is 1.01. The van der Waals surface area contributed by atoms with Crippen LogP contribution in [-0.2, 0) is 4.74 Å². The average Bonchev–Trinajstić information content (AvgIpc) is 3.07. The summed E-state index contributed by atoms with van der Waals surface area (Å²) in [5, 5.41) is 18.8. The molecule has 0 spiro atoms. The Balaban J connectivity index is 1.55. The van der Waals surface area contributed by atoms with Crippen LogP contribution in [0, 0.1) is 11.7 Å². The number of likely N-dealkylation sites (N-methyl/N-ethyl adjacent to an activating group) is 1. The molecule has 1 aliphatic heterocycles. The van der Waals surface area contributed by atoms with E-state index in [0.717, 1.165) is 44.9 Å². The van der Waals surface area contributed by atoms with E-state index < -0.39 is 17.9 Å². The van der Waals surface area contributed by atoms with Crippen molar-refractivity contribution in [3.05, 3.63) is 53.8 Å². The molecule has 0 unspecified atom stereocenters. The van der Waals surface area contributed by atoms with Gasteiger partial charge in [-0.3, -0.25) is 4.79 Å². The van der Waals surface area contributed by atoms with Gasteiger partial charge in [0.05, 0.1) is 30.4 Å². The van der Waals surface area contributed by atoms with E-state index in [9.17, 15) is 23.9 Å². The molecule has 264 valence electrons. The Morgan fingerprint density at radius 1 is 1.00 bits per heavy atom. The van der Waals surface area contributed by atoms with Crippen molar-refractivity contribution in [1.82, 2.24) is 15.1 Å². The lowest BCUT2D eigenvalue weighted by atomic mass is 9.96. The first-order chi connectivity index (χ1) is 23.0. The van der Waals surface area contributed by atoms with Gasteiger partial charge in [-0.25, -0.2) is 14.0 Å². The molecule has 1 saturated carbocycles. The van der Waals surface area contributed by atoms with Gasteiger partial charge in [-0.05, 0) is 88.4 Å². The number of urea groups is 2. The number of amides is 5. The summed E-state index contributed by atoms with van der Waals surface area (Å²) in [4.78, 5) is 43.5. The van der Waals surface area contributed by atoms with E-state index in [1.807, 2.05) is 13.8 Å². The number of benzene rings is 2. The van der Waals surface area contributed by atoms with Gasteiger partial charge in [-0.15, -0.1) is 0 Å². The van der Waals surface area contributed by atoms with Crippen molar-refractivity contribution in [2.45, 2.75) is 96.4 Å². The van der Waals surface area contributed by atoms with Gasteiger partial charge in [0.25, 0.3) is 5.91 Å². The van der Waals surface area contributed by atoms with Crippen LogP contribution >= 0.6 is 0 Å². The molecule has 12 heteroatoms. The molecule has 2 aliphatic rings. The molecule has 1 heterocycles. The van der Waals surface area contributed by atoms with Crippen LogP contribution in [0.5, 0.6) is 5.75 Å². The first kappa shape index (κ1) is 36.9. The van der Waals surface area contributed by atoms with Crippen molar-refractivity contribution in [3.63, 3.8) is 0 Å². The van der Waals surface area contributed by atoms with E-state index in [0.29, 0.717) is 30.3 Å². The van der Waals surface area contributed by atoms with Gasteiger partial charge in [-0.2, -0.15) is 0 Å². The lowest BCUT2D eigenvalue weighted by Crippen LogP contribution is -2.50. The number of anilines is 2. The number of rotatable bonds is 7. The fourth-order valence-electron chi connectivity index (χ4n) is 6.17. The predicted octanol–water partition coefficient (Wildman–Crippen LogP) is 6.24. The van der Waals surface area contributed by atoms with Gasteiger partial charge < -0.3 is 40.3 Å². The Morgan fingerprint density at radius 3 is 2.38 bits per heavy atom. The molecule has 0 saturated heterocycles. The quantitative estimate of drug-likeness (QED) is 0.276. The minimum absolute atomic E-state index is 0.128. The number of hydrogen-bond acceptors (Lipinski definition) is 6. The maximum atomic E-state index is 14.3. The molecular weight excluding hydrogens is 617 g/mol. The van der Waals surface area contributed by atoms with Crippen molar-refractivity contribution in [2.24, 2.45) is 5.92 Å². The number of nitrogens with one attached hydrogen (secondary N) is 3. The number of carbonyl (C=O) groups is 3. The van der Waals surface area contributed by atoms with Crippen LogP contribution in [0.3, 0.4) is 0 Å². The molecular formula is C36H52FN5O6. The molecule has 1 fully saturated rings. The summed E-state index contributed by atoms with van der Waals surface area (Å²) in [6, 6.07) is 9.25. The third-order valence-electron chi connectivity index (χ3n) is 9.14. The van der Waals surface area contributed by atoms with Crippen molar-refractivity contribution < 1.29 is 33.4 Å². The van der Waals surface area contributed by atoms with E-state index in [1.165, 1.54) is 30.7 Å². The molecule has 0 aromatic heterocycles. The van der Waals surface area contributed by atoms with E-state index in [4.69, 9.17) is 9.47 Å². The minimum atomic E-state index is -0.560. The first-order valence-electron chi connectivity index (χ1n) is 17.2. The molecule has 4 N–H and O–H groups in total. The minimum Gasteiger partial charge on any atom is -0.490 e. The van der Waals surface area contributed by atoms with Crippen LogP contribution in [0.1, 0.15) is 82.5 Å². The van der Waals surface area contributed by atoms with Crippen molar-refractivity contribution in [2.75, 3.05) is 44.0 Å². The van der Waals surface area contributed by atoms with Crippen molar-refractivity contribution in [1.29, 1.82) is 0 Å². The summed E-state index contributed by atoms with van der Waals surface area (Å²) >= 11 is 0. The normalized spacial score (nSPS) is 22.0. The van der Waals surface area contributed by atoms with Gasteiger partial charge in [0.2, 0.25) is 0 Å². The zero-order chi connectivity index (χ0) is 34.6. The summed E-state index contributed by atoms with van der Waals surface area (Å²) < 4.78 is 26.0. The zero-order valence-electron chi connectivity index (χ0n) is 28.7. The number of fused-ring (bicyclic) bond motifs is 1. The van der Waals surface area contributed by atoms with Crippen LogP contribution in [0.4, 0.5) is 25.4 Å². The largest absolute Gasteiger partial charge is 0.490 e. The highest BCUT2D eigenvalue weighted by Gasteiger charge is 2.31. The fraction of sp³-hybridized carbons (Fsp3) is 0.583. The Bertz CT molecular complexity index is 1350. The molecule has 0 bridgehead atoms. The number of ether oxygens (including phenoxy) is 2. The smallest absolute Gasteiger partial charge is 0.323 e. The topological polar surface area (TPSA) is 132 Å². The Morgan fingerprint density at radius 2 is 1.67 bits per heavy atom. The molecule has 5 amide bonds.